The van der Waals surface area contributed by atoms with Crippen LogP contribution in [0.3, 0.4) is 0 Å². The van der Waals surface area contributed by atoms with Crippen molar-refractivity contribution in [2.24, 2.45) is 7.05 Å². The fourth-order valence-corrected chi connectivity index (χ4v) is 4.27. The molecule has 0 aliphatic carbocycles. The van der Waals surface area contributed by atoms with Crippen molar-refractivity contribution in [3.8, 4) is 17.2 Å². The number of pyridine rings is 1. The highest BCUT2D eigenvalue weighted by Crippen LogP contribution is 2.45. The minimum absolute atomic E-state index is 0.0578. The number of aromatic hydroxyl groups is 1. The Morgan fingerprint density at radius 3 is 2.49 bits per heavy atom. The van der Waals surface area contributed by atoms with E-state index in [2.05, 4.69) is 10.3 Å². The van der Waals surface area contributed by atoms with Crippen LogP contribution < -0.4 is 14.8 Å². The maximum Gasteiger partial charge on any atom is 0.222 e. The van der Waals surface area contributed by atoms with Crippen LogP contribution in [-0.2, 0) is 18.4 Å². The van der Waals surface area contributed by atoms with E-state index in [9.17, 15) is 18.7 Å². The SMILES string of the molecule is COc1cc(C=C2c3cc(F)nc(F)c3C(CC(=O)NCc3cccn3C)N2C)cc(OC)c1O. The molecule has 0 radical (unpaired) electrons. The van der Waals surface area contributed by atoms with Crippen molar-refractivity contribution in [3.63, 3.8) is 0 Å². The lowest BCUT2D eigenvalue weighted by Crippen LogP contribution is -2.29. The van der Waals surface area contributed by atoms with E-state index in [1.54, 1.807) is 30.2 Å². The van der Waals surface area contributed by atoms with Crippen molar-refractivity contribution in [2.45, 2.75) is 19.0 Å². The third kappa shape index (κ3) is 4.64. The third-order valence-corrected chi connectivity index (χ3v) is 6.14. The van der Waals surface area contributed by atoms with Gasteiger partial charge in [-0.2, -0.15) is 13.8 Å². The van der Waals surface area contributed by atoms with Gasteiger partial charge in [-0.15, -0.1) is 0 Å². The molecular weight excluding hydrogens is 458 g/mol. The number of aryl methyl sites for hydroxylation is 1. The highest BCUT2D eigenvalue weighted by molar-refractivity contribution is 5.87. The van der Waals surface area contributed by atoms with Crippen LogP contribution in [0.5, 0.6) is 17.2 Å². The summed E-state index contributed by atoms with van der Waals surface area (Å²) in [5.41, 5.74) is 2.41. The van der Waals surface area contributed by atoms with Gasteiger partial charge in [0.15, 0.2) is 11.5 Å². The summed E-state index contributed by atoms with van der Waals surface area (Å²) in [4.78, 5) is 17.8. The van der Waals surface area contributed by atoms with Crippen LogP contribution in [0.2, 0.25) is 0 Å². The summed E-state index contributed by atoms with van der Waals surface area (Å²) in [5.74, 6) is -2.01. The van der Waals surface area contributed by atoms with Crippen LogP contribution in [0.1, 0.15) is 34.8 Å². The molecule has 2 N–H and O–H groups in total. The Kier molecular flexibility index (Phi) is 6.63. The number of carbonyl (C=O) groups excluding carboxylic acids is 1. The largest absolute Gasteiger partial charge is 0.502 e. The zero-order valence-corrected chi connectivity index (χ0v) is 19.8. The molecule has 0 saturated heterocycles. The van der Waals surface area contributed by atoms with Gasteiger partial charge in [0, 0.05) is 48.9 Å². The van der Waals surface area contributed by atoms with E-state index < -0.39 is 17.9 Å². The molecule has 1 aromatic carbocycles. The predicted octanol–water partition coefficient (Wildman–Crippen LogP) is 3.61. The Labute approximate surface area is 201 Å². The lowest BCUT2D eigenvalue weighted by Gasteiger charge is -2.23. The van der Waals surface area contributed by atoms with Gasteiger partial charge in [0.25, 0.3) is 0 Å². The van der Waals surface area contributed by atoms with Crippen molar-refractivity contribution in [1.82, 2.24) is 19.8 Å². The van der Waals surface area contributed by atoms with Crippen LogP contribution in [0, 0.1) is 11.9 Å². The maximum atomic E-state index is 14.9. The maximum absolute atomic E-state index is 14.9. The van der Waals surface area contributed by atoms with Crippen molar-refractivity contribution in [2.75, 3.05) is 21.3 Å². The molecule has 4 rings (SSSR count). The molecule has 1 amide bonds. The molecule has 35 heavy (non-hydrogen) atoms. The molecule has 0 bridgehead atoms. The summed E-state index contributed by atoms with van der Waals surface area (Å²) < 4.78 is 41.3. The van der Waals surface area contributed by atoms with Crippen LogP contribution in [-0.4, -0.2) is 46.7 Å². The Balaban J connectivity index is 1.68. The first-order chi connectivity index (χ1) is 16.7. The van der Waals surface area contributed by atoms with Gasteiger partial charge in [0.2, 0.25) is 23.6 Å². The van der Waals surface area contributed by atoms with Crippen molar-refractivity contribution in [3.05, 3.63) is 70.8 Å². The normalized spacial score (nSPS) is 15.9. The Bertz CT molecular complexity index is 1280. The topological polar surface area (TPSA) is 88.9 Å². The average molecular weight is 485 g/mol. The number of benzene rings is 1. The Morgan fingerprint density at radius 1 is 1.20 bits per heavy atom. The molecule has 1 unspecified atom stereocenters. The lowest BCUT2D eigenvalue weighted by molar-refractivity contribution is -0.122. The number of rotatable bonds is 7. The first kappa shape index (κ1) is 24.1. The number of hydrogen-bond donors (Lipinski definition) is 2. The van der Waals surface area contributed by atoms with Gasteiger partial charge in [-0.25, -0.2) is 0 Å². The zero-order chi connectivity index (χ0) is 25.3. The molecule has 2 aromatic heterocycles. The molecule has 0 saturated carbocycles. The average Bonchev–Trinajstić information content (AvgIpc) is 3.34. The van der Waals surface area contributed by atoms with Gasteiger partial charge < -0.3 is 29.4 Å². The molecule has 3 heterocycles. The van der Waals surface area contributed by atoms with Crippen LogP contribution >= 0.6 is 0 Å². The number of phenols is 1. The quantitative estimate of drug-likeness (QED) is 0.498. The molecule has 1 aliphatic heterocycles. The predicted molar refractivity (Wildman–Crippen MR) is 126 cm³/mol. The summed E-state index contributed by atoms with van der Waals surface area (Å²) in [7, 11) is 6.39. The first-order valence-corrected chi connectivity index (χ1v) is 10.9. The summed E-state index contributed by atoms with van der Waals surface area (Å²) >= 11 is 0. The van der Waals surface area contributed by atoms with E-state index in [-0.39, 0.29) is 35.1 Å². The smallest absolute Gasteiger partial charge is 0.222 e. The number of aromatic nitrogens is 2. The zero-order valence-electron chi connectivity index (χ0n) is 19.8. The molecular formula is C25H26F2N4O4. The second-order valence-corrected chi connectivity index (χ2v) is 8.22. The summed E-state index contributed by atoms with van der Waals surface area (Å²) in [6, 6.07) is 7.38. The number of fused-ring (bicyclic) bond motifs is 1. The van der Waals surface area contributed by atoms with E-state index in [4.69, 9.17) is 9.47 Å². The van der Waals surface area contributed by atoms with Gasteiger partial charge in [-0.05, 0) is 35.9 Å². The highest BCUT2D eigenvalue weighted by Gasteiger charge is 2.37. The lowest BCUT2D eigenvalue weighted by atomic mass is 10.0. The van der Waals surface area contributed by atoms with Crippen molar-refractivity contribution >= 4 is 17.7 Å². The monoisotopic (exact) mass is 484 g/mol. The number of nitrogens with one attached hydrogen (secondary N) is 1. The molecule has 10 heteroatoms. The Hall–Kier alpha value is -4.08. The molecule has 8 nitrogen and oxygen atoms in total. The van der Waals surface area contributed by atoms with Gasteiger partial charge in [-0.3, -0.25) is 4.79 Å². The minimum atomic E-state index is -0.963. The first-order valence-electron chi connectivity index (χ1n) is 10.9. The number of phenolic OH excluding ortho intramolecular Hbond substituents is 1. The standard InChI is InChI=1S/C25H26F2N4O4/c1-30-7-5-6-15(30)13-28-22(32)12-18-23-16(11-21(26)29-25(23)27)17(31(18)2)8-14-9-19(34-3)24(33)20(10-14)35-4/h5-11,18,33H,12-13H2,1-4H3,(H,28,32). The van der Waals surface area contributed by atoms with Crippen LogP contribution in [0.25, 0.3) is 11.8 Å². The van der Waals surface area contributed by atoms with E-state index in [1.807, 2.05) is 29.9 Å². The second kappa shape index (κ2) is 9.65. The molecule has 1 atom stereocenters. The second-order valence-electron chi connectivity index (χ2n) is 8.22. The number of ether oxygens (including phenoxy) is 2. The fraction of sp³-hybridized carbons (Fsp3) is 0.280. The number of halogens is 2. The van der Waals surface area contributed by atoms with Crippen LogP contribution in [0.15, 0.2) is 36.5 Å². The van der Waals surface area contributed by atoms with Crippen molar-refractivity contribution < 1.29 is 28.2 Å². The summed E-state index contributed by atoms with van der Waals surface area (Å²) in [6.45, 7) is 0.325. The van der Waals surface area contributed by atoms with Gasteiger partial charge in [-0.1, -0.05) is 0 Å². The minimum Gasteiger partial charge on any atom is -0.502 e. The molecule has 3 aromatic rings. The van der Waals surface area contributed by atoms with E-state index in [1.165, 1.54) is 14.2 Å². The van der Waals surface area contributed by atoms with E-state index >= 15 is 0 Å². The van der Waals surface area contributed by atoms with Gasteiger partial charge in [0.1, 0.15) is 0 Å². The number of carbonyl (C=O) groups is 1. The van der Waals surface area contributed by atoms with Crippen LogP contribution in [0.4, 0.5) is 8.78 Å². The van der Waals surface area contributed by atoms with E-state index in [0.29, 0.717) is 23.4 Å². The fourth-order valence-electron chi connectivity index (χ4n) is 4.27. The molecule has 1 aliphatic rings. The van der Waals surface area contributed by atoms with Crippen molar-refractivity contribution in [1.29, 1.82) is 0 Å². The number of methoxy groups -OCH3 is 2. The van der Waals surface area contributed by atoms with E-state index in [0.717, 1.165) is 11.8 Å². The number of hydrogen-bond acceptors (Lipinski definition) is 6. The third-order valence-electron chi connectivity index (χ3n) is 6.14. The molecule has 0 fully saturated rings. The number of amides is 1. The molecule has 184 valence electrons. The summed E-state index contributed by atoms with van der Waals surface area (Å²) in [6.07, 6.45) is 3.50. The Morgan fingerprint density at radius 2 is 1.89 bits per heavy atom. The van der Waals surface area contributed by atoms with Gasteiger partial charge in [0.05, 0.1) is 33.2 Å². The highest BCUT2D eigenvalue weighted by atomic mass is 19.1. The number of nitrogens with zero attached hydrogens (tertiary/aromatic N) is 3. The van der Waals surface area contributed by atoms with Gasteiger partial charge >= 0.3 is 0 Å². The molecule has 0 spiro atoms. The summed E-state index contributed by atoms with van der Waals surface area (Å²) in [5, 5.41) is 13.1.